The van der Waals surface area contributed by atoms with Crippen LogP contribution in [0, 0.1) is 21.4 Å². The molecule has 0 spiro atoms. The normalized spacial score (nSPS) is 17.7. The maximum atomic E-state index is 13.1. The molecule has 0 saturated carbocycles. The molecule has 2 amide bonds. The van der Waals surface area contributed by atoms with Crippen LogP contribution in [-0.2, 0) is 16.0 Å². The average Bonchev–Trinajstić information content (AvgIpc) is 2.99. The predicted octanol–water partition coefficient (Wildman–Crippen LogP) is 3.27. The lowest BCUT2D eigenvalue weighted by molar-refractivity contribution is -0.384. The molecule has 3 rings (SSSR count). The van der Waals surface area contributed by atoms with Gasteiger partial charge in [-0.25, -0.2) is 0 Å². The first kappa shape index (κ1) is 20.6. The molecule has 1 heterocycles. The lowest BCUT2D eigenvalue weighted by Crippen LogP contribution is -2.31. The zero-order chi connectivity index (χ0) is 21.1. The van der Waals surface area contributed by atoms with Gasteiger partial charge in [-0.1, -0.05) is 39.8 Å². The van der Waals surface area contributed by atoms with Crippen molar-refractivity contribution in [3.05, 3.63) is 79.3 Å². The van der Waals surface area contributed by atoms with E-state index in [-0.39, 0.29) is 28.6 Å². The number of benzene rings is 2. The van der Waals surface area contributed by atoms with Crippen molar-refractivity contribution in [2.24, 2.45) is 5.73 Å². The van der Waals surface area contributed by atoms with E-state index in [1.807, 2.05) is 0 Å². The molecule has 10 heteroatoms. The highest BCUT2D eigenvalue weighted by Crippen LogP contribution is 2.42. The number of nitrogens with zero attached hydrogens (tertiary/aromatic N) is 3. The molecular weight excluding hydrogens is 460 g/mol. The number of primary amides is 1. The molecule has 29 heavy (non-hydrogen) atoms. The van der Waals surface area contributed by atoms with Gasteiger partial charge in [0.2, 0.25) is 5.91 Å². The predicted molar refractivity (Wildman–Crippen MR) is 112 cm³/mol. The van der Waals surface area contributed by atoms with Crippen LogP contribution in [0.5, 0.6) is 0 Å². The summed E-state index contributed by atoms with van der Waals surface area (Å²) in [6, 6.07) is 14.6. The Kier molecular flexibility index (Phi) is 6.00. The van der Waals surface area contributed by atoms with E-state index in [0.717, 1.165) is 16.2 Å². The number of hydrogen-bond donors (Lipinski definition) is 1. The number of thioether (sulfide) groups is 1. The van der Waals surface area contributed by atoms with Crippen LogP contribution in [0.4, 0.5) is 11.4 Å². The van der Waals surface area contributed by atoms with Crippen molar-refractivity contribution in [2.75, 3.05) is 4.90 Å². The molecule has 2 aromatic rings. The number of anilines is 1. The Bertz CT molecular complexity index is 1080. The maximum Gasteiger partial charge on any atom is 0.269 e. The van der Waals surface area contributed by atoms with Gasteiger partial charge < -0.3 is 5.73 Å². The fourth-order valence-corrected chi connectivity index (χ4v) is 4.42. The quantitative estimate of drug-likeness (QED) is 0.307. The number of nitro benzene ring substituents is 1. The second kappa shape index (κ2) is 8.46. The number of non-ortho nitro benzene ring substituents is 1. The Morgan fingerprint density at radius 2 is 2.00 bits per heavy atom. The molecule has 2 aromatic carbocycles. The van der Waals surface area contributed by atoms with Crippen molar-refractivity contribution in [3.63, 3.8) is 0 Å². The Morgan fingerprint density at radius 3 is 2.59 bits per heavy atom. The van der Waals surface area contributed by atoms with E-state index in [2.05, 4.69) is 15.9 Å². The lowest BCUT2D eigenvalue weighted by atomic mass is 10.1. The number of carbonyl (C=O) groups excluding carboxylic acids is 2. The number of nitriles is 1. The number of rotatable bonds is 5. The molecule has 1 saturated heterocycles. The van der Waals surface area contributed by atoms with Crippen LogP contribution >= 0.6 is 27.7 Å². The molecule has 2 N–H and O–H groups in total. The van der Waals surface area contributed by atoms with Gasteiger partial charge in [0.1, 0.15) is 16.7 Å². The zero-order valence-corrected chi connectivity index (χ0v) is 17.1. The number of carbonyl (C=O) groups is 2. The Labute approximate surface area is 178 Å². The van der Waals surface area contributed by atoms with E-state index >= 15 is 0 Å². The first-order chi connectivity index (χ1) is 13.8. The van der Waals surface area contributed by atoms with E-state index < -0.39 is 16.1 Å². The lowest BCUT2D eigenvalue weighted by Gasteiger charge is -2.18. The molecular formula is C19H13BrN4O4S. The number of hydrogen-bond acceptors (Lipinski definition) is 6. The number of nitrogens with two attached hydrogens (primary N) is 1. The minimum absolute atomic E-state index is 0.0756. The number of nitro groups is 1. The van der Waals surface area contributed by atoms with Gasteiger partial charge in [-0.3, -0.25) is 24.6 Å². The molecule has 0 aliphatic carbocycles. The first-order valence-corrected chi connectivity index (χ1v) is 9.92. The molecule has 146 valence electrons. The van der Waals surface area contributed by atoms with E-state index in [0.29, 0.717) is 11.3 Å². The number of amides is 2. The van der Waals surface area contributed by atoms with Crippen molar-refractivity contribution >= 4 is 50.9 Å². The Hall–Kier alpha value is -3.16. The summed E-state index contributed by atoms with van der Waals surface area (Å²) in [5.74, 6) is -1.27. The zero-order valence-electron chi connectivity index (χ0n) is 14.7. The minimum atomic E-state index is -0.930. The van der Waals surface area contributed by atoms with Gasteiger partial charge in [-0.15, -0.1) is 0 Å². The highest BCUT2D eigenvalue weighted by molar-refractivity contribution is 9.10. The molecule has 1 aliphatic heterocycles. The smallest absolute Gasteiger partial charge is 0.269 e. The highest BCUT2D eigenvalue weighted by Gasteiger charge is 2.40. The molecule has 1 atom stereocenters. The maximum absolute atomic E-state index is 13.1. The topological polar surface area (TPSA) is 130 Å². The van der Waals surface area contributed by atoms with E-state index in [1.165, 1.54) is 17.0 Å². The van der Waals surface area contributed by atoms with Gasteiger partial charge in [0.15, 0.2) is 0 Å². The van der Waals surface area contributed by atoms with Crippen molar-refractivity contribution in [1.29, 1.82) is 5.26 Å². The van der Waals surface area contributed by atoms with Crippen LogP contribution in [-0.4, -0.2) is 22.0 Å². The van der Waals surface area contributed by atoms with Crippen molar-refractivity contribution in [1.82, 2.24) is 0 Å². The fraction of sp³-hybridized carbons (Fsp3) is 0.105. The molecule has 1 aliphatic rings. The third kappa shape index (κ3) is 4.31. The first-order valence-electron chi connectivity index (χ1n) is 8.25. The SMILES string of the molecule is N#C/C(C(N)=O)=C1\S[C@H](Cc2cccc([N+](=O)[O-])c2)C(=O)N1c1ccc(Br)cc1. The summed E-state index contributed by atoms with van der Waals surface area (Å²) in [6.07, 6.45) is 0.194. The fourth-order valence-electron chi connectivity index (χ4n) is 2.84. The summed E-state index contributed by atoms with van der Waals surface area (Å²) in [5.41, 5.74) is 6.03. The van der Waals surface area contributed by atoms with Gasteiger partial charge >= 0.3 is 0 Å². The Balaban J connectivity index is 2.01. The van der Waals surface area contributed by atoms with Gasteiger partial charge in [-0.2, -0.15) is 5.26 Å². The standard InChI is InChI=1S/C19H13BrN4O4S/c20-12-4-6-13(7-5-12)23-18(26)16(29-19(23)15(10-21)17(22)25)9-11-2-1-3-14(8-11)24(27)28/h1-8,16H,9H2,(H2,22,25)/b19-15+/t16-/m1/s1. The summed E-state index contributed by atoms with van der Waals surface area (Å²) in [6.45, 7) is 0. The van der Waals surface area contributed by atoms with Crippen LogP contribution in [0.15, 0.2) is 63.6 Å². The summed E-state index contributed by atoms with van der Waals surface area (Å²) in [7, 11) is 0. The molecule has 0 aromatic heterocycles. The van der Waals surface area contributed by atoms with Crippen molar-refractivity contribution in [3.8, 4) is 6.07 Å². The van der Waals surface area contributed by atoms with Crippen molar-refractivity contribution < 1.29 is 14.5 Å². The second-order valence-electron chi connectivity index (χ2n) is 6.04. The monoisotopic (exact) mass is 472 g/mol. The Morgan fingerprint density at radius 1 is 1.31 bits per heavy atom. The third-order valence-electron chi connectivity index (χ3n) is 4.15. The molecule has 8 nitrogen and oxygen atoms in total. The van der Waals surface area contributed by atoms with Crippen LogP contribution in [0.25, 0.3) is 0 Å². The molecule has 0 radical (unpaired) electrons. The van der Waals surface area contributed by atoms with Gasteiger partial charge in [0, 0.05) is 22.3 Å². The number of halogens is 1. The largest absolute Gasteiger partial charge is 0.365 e. The van der Waals surface area contributed by atoms with Gasteiger partial charge in [-0.05, 0) is 36.2 Å². The summed E-state index contributed by atoms with van der Waals surface area (Å²) >= 11 is 4.37. The highest BCUT2D eigenvalue weighted by atomic mass is 79.9. The summed E-state index contributed by atoms with van der Waals surface area (Å²) < 4.78 is 0.801. The van der Waals surface area contributed by atoms with E-state index in [4.69, 9.17) is 5.73 Å². The second-order valence-corrected chi connectivity index (χ2v) is 8.15. The molecule has 0 unspecified atom stereocenters. The van der Waals surface area contributed by atoms with E-state index in [9.17, 15) is 25.0 Å². The van der Waals surface area contributed by atoms with Crippen molar-refractivity contribution in [2.45, 2.75) is 11.7 Å². The third-order valence-corrected chi connectivity index (χ3v) is 5.94. The van der Waals surface area contributed by atoms with Gasteiger partial charge in [0.25, 0.3) is 11.6 Å². The van der Waals surface area contributed by atoms with Crippen LogP contribution in [0.2, 0.25) is 0 Å². The molecule has 1 fully saturated rings. The van der Waals surface area contributed by atoms with Crippen LogP contribution in [0.1, 0.15) is 5.56 Å². The molecule has 0 bridgehead atoms. The van der Waals surface area contributed by atoms with E-state index in [1.54, 1.807) is 42.5 Å². The average molecular weight is 473 g/mol. The summed E-state index contributed by atoms with van der Waals surface area (Å²) in [4.78, 5) is 36.7. The summed E-state index contributed by atoms with van der Waals surface area (Å²) in [5, 5.41) is 19.9. The minimum Gasteiger partial charge on any atom is -0.365 e. The van der Waals surface area contributed by atoms with Crippen LogP contribution < -0.4 is 10.6 Å². The van der Waals surface area contributed by atoms with Gasteiger partial charge in [0.05, 0.1) is 10.2 Å². The van der Waals surface area contributed by atoms with Crippen LogP contribution in [0.3, 0.4) is 0 Å².